The molecule has 0 radical (unpaired) electrons. The number of carboxylic acids is 1. The molecule has 1 aliphatic rings. The Morgan fingerprint density at radius 2 is 2.30 bits per heavy atom. The minimum Gasteiger partial charge on any atom is -0.478 e. The standard InChI is InChI=1S/C14H17BrFNO2S/c1-2-20-9-4-3-8(7-9)17-11-6-5-10(14(18)19)12(15)13(11)16/h5-6,8-9,17H,2-4,7H2,1H3,(H,18,19). The monoisotopic (exact) mass is 361 g/mol. The molecule has 20 heavy (non-hydrogen) atoms. The first-order valence-electron chi connectivity index (χ1n) is 6.62. The number of thioether (sulfide) groups is 1. The minimum absolute atomic E-state index is 0.00693. The van der Waals surface area contributed by atoms with Gasteiger partial charge in [0.05, 0.1) is 15.7 Å². The molecular weight excluding hydrogens is 345 g/mol. The van der Waals surface area contributed by atoms with E-state index in [4.69, 9.17) is 5.11 Å². The molecule has 1 fully saturated rings. The number of hydrogen-bond acceptors (Lipinski definition) is 3. The Morgan fingerprint density at radius 1 is 1.55 bits per heavy atom. The molecule has 0 heterocycles. The van der Waals surface area contributed by atoms with Crippen LogP contribution < -0.4 is 5.32 Å². The fourth-order valence-electron chi connectivity index (χ4n) is 2.50. The third-order valence-corrected chi connectivity index (χ3v) is 5.47. The van der Waals surface area contributed by atoms with E-state index in [9.17, 15) is 9.18 Å². The fourth-order valence-corrected chi connectivity index (χ4v) is 4.16. The Hall–Kier alpha value is -0.750. The molecule has 2 unspecified atom stereocenters. The van der Waals surface area contributed by atoms with Gasteiger partial charge in [-0.15, -0.1) is 0 Å². The number of nitrogens with one attached hydrogen (secondary N) is 1. The van der Waals surface area contributed by atoms with Crippen LogP contribution in [0.1, 0.15) is 36.5 Å². The molecule has 0 aromatic heterocycles. The van der Waals surface area contributed by atoms with Gasteiger partial charge in [0.2, 0.25) is 0 Å². The average molecular weight is 362 g/mol. The summed E-state index contributed by atoms with van der Waals surface area (Å²) < 4.78 is 14.2. The van der Waals surface area contributed by atoms with Crippen molar-refractivity contribution in [1.82, 2.24) is 0 Å². The van der Waals surface area contributed by atoms with Gasteiger partial charge in [0.15, 0.2) is 5.82 Å². The zero-order valence-corrected chi connectivity index (χ0v) is 13.6. The van der Waals surface area contributed by atoms with Gasteiger partial charge >= 0.3 is 5.97 Å². The van der Waals surface area contributed by atoms with Gasteiger partial charge in [-0.25, -0.2) is 9.18 Å². The minimum atomic E-state index is -1.14. The lowest BCUT2D eigenvalue weighted by Crippen LogP contribution is -2.17. The Bertz CT molecular complexity index is 512. The van der Waals surface area contributed by atoms with Gasteiger partial charge in [0, 0.05) is 11.3 Å². The van der Waals surface area contributed by atoms with Crippen molar-refractivity contribution in [3.8, 4) is 0 Å². The number of halogens is 2. The Balaban J connectivity index is 2.07. The molecule has 0 spiro atoms. The lowest BCUT2D eigenvalue weighted by Gasteiger charge is -2.16. The third-order valence-electron chi connectivity index (χ3n) is 3.46. The van der Waals surface area contributed by atoms with Crippen LogP contribution in [0.3, 0.4) is 0 Å². The van der Waals surface area contributed by atoms with Gasteiger partial charge in [-0.2, -0.15) is 11.8 Å². The van der Waals surface area contributed by atoms with Gasteiger partial charge in [-0.1, -0.05) is 6.92 Å². The quantitative estimate of drug-likeness (QED) is 0.817. The van der Waals surface area contributed by atoms with E-state index in [0.29, 0.717) is 10.9 Å². The van der Waals surface area contributed by atoms with Crippen molar-refractivity contribution in [3.05, 3.63) is 28.0 Å². The normalized spacial score (nSPS) is 21.9. The zero-order chi connectivity index (χ0) is 14.7. The molecule has 1 aliphatic carbocycles. The summed E-state index contributed by atoms with van der Waals surface area (Å²) in [4.78, 5) is 10.9. The number of benzene rings is 1. The largest absolute Gasteiger partial charge is 0.478 e. The van der Waals surface area contributed by atoms with Crippen molar-refractivity contribution in [2.45, 2.75) is 37.5 Å². The molecular formula is C14H17BrFNO2S. The molecule has 0 aliphatic heterocycles. The highest BCUT2D eigenvalue weighted by molar-refractivity contribution is 9.10. The van der Waals surface area contributed by atoms with E-state index < -0.39 is 11.8 Å². The summed E-state index contributed by atoms with van der Waals surface area (Å²) in [5.74, 6) is -0.566. The van der Waals surface area contributed by atoms with Crippen LogP contribution >= 0.6 is 27.7 Å². The second-order valence-electron chi connectivity index (χ2n) is 4.83. The Kier molecular flexibility index (Phi) is 5.32. The smallest absolute Gasteiger partial charge is 0.336 e. The van der Waals surface area contributed by atoms with Crippen molar-refractivity contribution >= 4 is 39.3 Å². The van der Waals surface area contributed by atoms with Gasteiger partial charge in [0.1, 0.15) is 0 Å². The van der Waals surface area contributed by atoms with Gasteiger partial charge in [0.25, 0.3) is 0 Å². The summed E-state index contributed by atoms with van der Waals surface area (Å²) >= 11 is 4.96. The van der Waals surface area contributed by atoms with E-state index in [1.54, 1.807) is 0 Å². The molecule has 2 N–H and O–H groups in total. The van der Waals surface area contributed by atoms with Crippen LogP contribution in [0.4, 0.5) is 10.1 Å². The molecule has 1 saturated carbocycles. The summed E-state index contributed by atoms with van der Waals surface area (Å²) in [5.41, 5.74) is 0.313. The highest BCUT2D eigenvalue weighted by Gasteiger charge is 2.25. The fraction of sp³-hybridized carbons (Fsp3) is 0.500. The van der Waals surface area contributed by atoms with E-state index in [-0.39, 0.29) is 16.1 Å². The molecule has 0 bridgehead atoms. The van der Waals surface area contributed by atoms with Crippen LogP contribution in [0.5, 0.6) is 0 Å². The second kappa shape index (κ2) is 6.80. The SMILES string of the molecule is CCSC1CCC(Nc2ccc(C(=O)O)c(Br)c2F)C1. The maximum Gasteiger partial charge on any atom is 0.336 e. The summed E-state index contributed by atoms with van der Waals surface area (Å²) in [5, 5.41) is 12.8. The van der Waals surface area contributed by atoms with Crippen LogP contribution in [0, 0.1) is 5.82 Å². The van der Waals surface area contributed by atoms with Gasteiger partial charge in [-0.3, -0.25) is 0 Å². The second-order valence-corrected chi connectivity index (χ2v) is 7.20. The molecule has 0 saturated heterocycles. The highest BCUT2D eigenvalue weighted by Crippen LogP contribution is 2.33. The summed E-state index contributed by atoms with van der Waals surface area (Å²) in [6.07, 6.45) is 3.19. The van der Waals surface area contributed by atoms with E-state index in [2.05, 4.69) is 28.2 Å². The third kappa shape index (κ3) is 3.47. The number of hydrogen-bond donors (Lipinski definition) is 2. The molecule has 110 valence electrons. The average Bonchev–Trinajstić information content (AvgIpc) is 2.83. The number of carboxylic acid groups (broad SMARTS) is 1. The van der Waals surface area contributed by atoms with E-state index in [1.807, 2.05) is 11.8 Å². The molecule has 1 aromatic carbocycles. The van der Waals surface area contributed by atoms with Crippen LogP contribution in [0.25, 0.3) is 0 Å². The topological polar surface area (TPSA) is 49.3 Å². The molecule has 0 amide bonds. The number of aromatic carboxylic acids is 1. The maximum absolute atomic E-state index is 14.1. The summed E-state index contributed by atoms with van der Waals surface area (Å²) in [6.45, 7) is 2.15. The van der Waals surface area contributed by atoms with E-state index >= 15 is 0 Å². The van der Waals surface area contributed by atoms with Crippen LogP contribution in [0.2, 0.25) is 0 Å². The Labute approximate surface area is 130 Å². The number of rotatable bonds is 5. The highest BCUT2D eigenvalue weighted by atomic mass is 79.9. The van der Waals surface area contributed by atoms with Crippen molar-refractivity contribution in [3.63, 3.8) is 0 Å². The van der Waals surface area contributed by atoms with Crippen LogP contribution in [-0.4, -0.2) is 28.1 Å². The van der Waals surface area contributed by atoms with Gasteiger partial charge in [-0.05, 0) is 53.1 Å². The maximum atomic E-state index is 14.1. The molecule has 1 aromatic rings. The van der Waals surface area contributed by atoms with Crippen LogP contribution in [0.15, 0.2) is 16.6 Å². The molecule has 2 atom stereocenters. The van der Waals surface area contributed by atoms with Crippen LogP contribution in [-0.2, 0) is 0 Å². The molecule has 3 nitrogen and oxygen atoms in total. The van der Waals surface area contributed by atoms with Crippen molar-refractivity contribution in [2.24, 2.45) is 0 Å². The lowest BCUT2D eigenvalue weighted by molar-refractivity contribution is 0.0695. The predicted octanol–water partition coefficient (Wildman–Crippen LogP) is 4.37. The molecule has 2 rings (SSSR count). The van der Waals surface area contributed by atoms with Crippen molar-refractivity contribution in [1.29, 1.82) is 0 Å². The first-order chi connectivity index (χ1) is 9.52. The lowest BCUT2D eigenvalue weighted by atomic mass is 10.1. The number of anilines is 1. The molecule has 6 heteroatoms. The summed E-state index contributed by atoms with van der Waals surface area (Å²) in [6, 6.07) is 3.19. The van der Waals surface area contributed by atoms with E-state index in [1.165, 1.54) is 12.1 Å². The zero-order valence-electron chi connectivity index (χ0n) is 11.2. The Morgan fingerprint density at radius 3 is 2.95 bits per heavy atom. The van der Waals surface area contributed by atoms with E-state index in [0.717, 1.165) is 25.0 Å². The first kappa shape index (κ1) is 15.6. The van der Waals surface area contributed by atoms with Crippen molar-refractivity contribution < 1.29 is 14.3 Å². The van der Waals surface area contributed by atoms with Gasteiger partial charge < -0.3 is 10.4 Å². The summed E-state index contributed by atoms with van der Waals surface area (Å²) in [7, 11) is 0. The predicted molar refractivity (Wildman–Crippen MR) is 84.2 cm³/mol. The first-order valence-corrected chi connectivity index (χ1v) is 8.46. The number of carbonyl (C=O) groups is 1. The van der Waals surface area contributed by atoms with Crippen molar-refractivity contribution in [2.75, 3.05) is 11.1 Å².